The summed E-state index contributed by atoms with van der Waals surface area (Å²) in [6, 6.07) is 1.43. The number of rotatable bonds is 1. The van der Waals surface area contributed by atoms with Crippen LogP contribution in [0.4, 0.5) is 4.39 Å². The van der Waals surface area contributed by atoms with Crippen LogP contribution in [0.1, 0.15) is 17.3 Å². The van der Waals surface area contributed by atoms with Gasteiger partial charge in [0.15, 0.2) is 11.0 Å². The molecule has 1 amide bonds. The van der Waals surface area contributed by atoms with E-state index in [0.717, 1.165) is 31.0 Å². The highest BCUT2D eigenvalue weighted by molar-refractivity contribution is 8.14. The fourth-order valence-electron chi connectivity index (χ4n) is 2.46. The van der Waals surface area contributed by atoms with E-state index >= 15 is 0 Å². The van der Waals surface area contributed by atoms with Crippen LogP contribution in [-0.4, -0.2) is 63.8 Å². The van der Waals surface area contributed by atoms with Crippen LogP contribution < -0.4 is 0 Å². The quantitative estimate of drug-likeness (QED) is 0.788. The maximum atomic E-state index is 13.6. The Kier molecular flexibility index (Phi) is 4.10. The first-order valence-corrected chi connectivity index (χ1v) is 7.88. The highest BCUT2D eigenvalue weighted by Crippen LogP contribution is 2.24. The number of halogens is 1. The molecule has 0 aliphatic carbocycles. The largest absolute Gasteiger partial charge is 0.348 e. The number of thioether (sulfide) groups is 1. The summed E-state index contributed by atoms with van der Waals surface area (Å²) in [6.45, 7) is 5.70. The lowest BCUT2D eigenvalue weighted by Crippen LogP contribution is -2.50. The highest BCUT2D eigenvalue weighted by Gasteiger charge is 2.27. The number of aliphatic imine (C=N–C) groups is 1. The van der Waals surface area contributed by atoms with Crippen LogP contribution in [0.5, 0.6) is 0 Å². The van der Waals surface area contributed by atoms with E-state index in [1.165, 1.54) is 12.3 Å². The Hall–Kier alpha value is -1.63. The Labute approximate surface area is 127 Å². The zero-order valence-corrected chi connectivity index (χ0v) is 12.6. The number of hydrogen-bond donors (Lipinski definition) is 0. The van der Waals surface area contributed by atoms with Gasteiger partial charge in [-0.15, -0.1) is 0 Å². The van der Waals surface area contributed by atoms with Crippen molar-refractivity contribution in [2.75, 3.05) is 32.7 Å². The van der Waals surface area contributed by atoms with Crippen molar-refractivity contribution in [2.24, 2.45) is 4.99 Å². The smallest absolute Gasteiger partial charge is 0.257 e. The van der Waals surface area contributed by atoms with E-state index in [4.69, 9.17) is 0 Å². The Morgan fingerprint density at radius 3 is 2.76 bits per heavy atom. The second-order valence-electron chi connectivity index (χ2n) is 5.19. The van der Waals surface area contributed by atoms with Gasteiger partial charge >= 0.3 is 0 Å². The average molecular weight is 308 g/mol. The van der Waals surface area contributed by atoms with Crippen LogP contribution in [-0.2, 0) is 0 Å². The van der Waals surface area contributed by atoms with Crippen LogP contribution in [0, 0.1) is 5.82 Å². The molecular formula is C14H17FN4OS. The van der Waals surface area contributed by atoms with Gasteiger partial charge in [-0.25, -0.2) is 4.39 Å². The molecule has 0 radical (unpaired) electrons. The fourth-order valence-corrected chi connectivity index (χ4v) is 3.45. The van der Waals surface area contributed by atoms with Gasteiger partial charge in [0.1, 0.15) is 0 Å². The van der Waals surface area contributed by atoms with Crippen LogP contribution in [0.2, 0.25) is 0 Å². The van der Waals surface area contributed by atoms with Crippen molar-refractivity contribution in [1.29, 1.82) is 0 Å². The number of carbonyl (C=O) groups is 1. The second-order valence-corrected chi connectivity index (χ2v) is 6.59. The van der Waals surface area contributed by atoms with E-state index in [1.54, 1.807) is 16.7 Å². The van der Waals surface area contributed by atoms with E-state index in [9.17, 15) is 9.18 Å². The van der Waals surface area contributed by atoms with Crippen LogP contribution in [0.15, 0.2) is 23.5 Å². The minimum atomic E-state index is -0.561. The molecule has 1 aromatic rings. The third-order valence-electron chi connectivity index (χ3n) is 3.63. The van der Waals surface area contributed by atoms with Gasteiger partial charge in [-0.2, -0.15) is 0 Å². The molecule has 0 aromatic carbocycles. The van der Waals surface area contributed by atoms with Crippen molar-refractivity contribution in [3.05, 3.63) is 29.8 Å². The lowest BCUT2D eigenvalue weighted by atomic mass is 10.2. The van der Waals surface area contributed by atoms with Gasteiger partial charge in [0, 0.05) is 37.6 Å². The maximum Gasteiger partial charge on any atom is 0.257 e. The molecule has 21 heavy (non-hydrogen) atoms. The minimum Gasteiger partial charge on any atom is -0.348 e. The molecule has 3 rings (SSSR count). The minimum absolute atomic E-state index is 0.0969. The zero-order valence-electron chi connectivity index (χ0n) is 11.8. The molecule has 0 bridgehead atoms. The highest BCUT2D eigenvalue weighted by atomic mass is 32.2. The normalized spacial score (nSPS) is 22.4. The summed E-state index contributed by atoms with van der Waals surface area (Å²) >= 11 is 1.78. The molecule has 1 saturated heterocycles. The molecule has 7 heteroatoms. The zero-order chi connectivity index (χ0) is 14.8. The van der Waals surface area contributed by atoms with Gasteiger partial charge in [-0.3, -0.25) is 14.8 Å². The molecule has 2 aliphatic rings. The van der Waals surface area contributed by atoms with Crippen molar-refractivity contribution in [3.63, 3.8) is 0 Å². The summed E-state index contributed by atoms with van der Waals surface area (Å²) in [5.41, 5.74) is 0.0969. The number of nitrogens with zero attached hydrogens (tertiary/aromatic N) is 4. The molecular weight excluding hydrogens is 291 g/mol. The summed E-state index contributed by atoms with van der Waals surface area (Å²) in [5.74, 6) is -0.821. The third-order valence-corrected chi connectivity index (χ3v) is 4.78. The van der Waals surface area contributed by atoms with Gasteiger partial charge in [0.2, 0.25) is 0 Å². The molecule has 3 heterocycles. The Bertz CT molecular complexity index is 572. The van der Waals surface area contributed by atoms with Gasteiger partial charge < -0.3 is 9.80 Å². The number of aromatic nitrogens is 1. The standard InChI is InChI=1S/C14H17FN4OS/c1-10-8-17-14(21-10)19-6-4-18(5-7-19)13(20)11-2-3-16-9-12(11)15/h2-3,9-10H,4-8H2,1H3/t10-/m0/s1. The second kappa shape index (κ2) is 6.01. The van der Waals surface area contributed by atoms with E-state index < -0.39 is 5.82 Å². The molecule has 0 N–H and O–H groups in total. The van der Waals surface area contributed by atoms with Crippen LogP contribution in [0.25, 0.3) is 0 Å². The number of pyridine rings is 1. The molecule has 1 atom stereocenters. The van der Waals surface area contributed by atoms with E-state index in [0.29, 0.717) is 18.3 Å². The topological polar surface area (TPSA) is 48.8 Å². The average Bonchev–Trinajstić information content (AvgIpc) is 2.94. The van der Waals surface area contributed by atoms with Gasteiger partial charge in [-0.05, 0) is 6.07 Å². The third kappa shape index (κ3) is 3.02. The lowest BCUT2D eigenvalue weighted by molar-refractivity contribution is 0.0689. The Morgan fingerprint density at radius 1 is 1.38 bits per heavy atom. The van der Waals surface area contributed by atoms with Crippen molar-refractivity contribution in [3.8, 4) is 0 Å². The molecule has 0 saturated carbocycles. The van der Waals surface area contributed by atoms with Crippen molar-refractivity contribution in [2.45, 2.75) is 12.2 Å². The summed E-state index contributed by atoms with van der Waals surface area (Å²) in [5, 5.41) is 1.61. The van der Waals surface area contributed by atoms with Crippen molar-refractivity contribution in [1.82, 2.24) is 14.8 Å². The number of amidine groups is 1. The summed E-state index contributed by atoms with van der Waals surface area (Å²) in [4.78, 5) is 24.4. The fraction of sp³-hybridized carbons (Fsp3) is 0.500. The Balaban J connectivity index is 1.61. The lowest BCUT2D eigenvalue weighted by Gasteiger charge is -2.35. The first kappa shape index (κ1) is 14.3. The first-order valence-electron chi connectivity index (χ1n) is 7.00. The SMILES string of the molecule is C[C@H]1CN=C(N2CCN(C(=O)c3ccncc3F)CC2)S1. The summed E-state index contributed by atoms with van der Waals surface area (Å²) in [7, 11) is 0. The van der Waals surface area contributed by atoms with Gasteiger partial charge in [-0.1, -0.05) is 18.7 Å². The molecule has 0 spiro atoms. The molecule has 112 valence electrons. The van der Waals surface area contributed by atoms with Crippen molar-refractivity contribution >= 4 is 22.8 Å². The molecule has 0 unspecified atom stereocenters. The van der Waals surface area contributed by atoms with Crippen LogP contribution >= 0.6 is 11.8 Å². The predicted octanol–water partition coefficient (Wildman–Crippen LogP) is 1.47. The number of piperazine rings is 1. The number of amides is 1. The van der Waals surface area contributed by atoms with E-state index in [2.05, 4.69) is 21.8 Å². The number of hydrogen-bond acceptors (Lipinski definition) is 5. The maximum absolute atomic E-state index is 13.6. The Morgan fingerprint density at radius 2 is 2.14 bits per heavy atom. The van der Waals surface area contributed by atoms with Gasteiger partial charge in [0.25, 0.3) is 5.91 Å². The molecule has 1 fully saturated rings. The molecule has 2 aliphatic heterocycles. The first-order chi connectivity index (χ1) is 10.1. The van der Waals surface area contributed by atoms with E-state index in [-0.39, 0.29) is 11.5 Å². The predicted molar refractivity (Wildman–Crippen MR) is 81.0 cm³/mol. The van der Waals surface area contributed by atoms with Crippen molar-refractivity contribution < 1.29 is 9.18 Å². The molecule has 1 aromatic heterocycles. The summed E-state index contributed by atoms with van der Waals surface area (Å²) in [6.07, 6.45) is 2.52. The van der Waals surface area contributed by atoms with Gasteiger partial charge in [0.05, 0.1) is 18.3 Å². The monoisotopic (exact) mass is 308 g/mol. The summed E-state index contributed by atoms with van der Waals surface area (Å²) < 4.78 is 13.6. The number of carbonyl (C=O) groups excluding carboxylic acids is 1. The van der Waals surface area contributed by atoms with Crippen LogP contribution in [0.3, 0.4) is 0 Å². The van der Waals surface area contributed by atoms with E-state index in [1.807, 2.05) is 0 Å². The molecule has 5 nitrogen and oxygen atoms in total.